The van der Waals surface area contributed by atoms with Gasteiger partial charge >= 0.3 is 0 Å². The fourth-order valence-electron chi connectivity index (χ4n) is 4.77. The molecule has 4 rings (SSSR count). The lowest BCUT2D eigenvalue weighted by molar-refractivity contribution is 0.0372. The average molecular weight is 540 g/mol. The number of nitrogens with one attached hydrogen (secondary N) is 1. The van der Waals surface area contributed by atoms with Crippen LogP contribution in [0.15, 0.2) is 41.5 Å². The summed E-state index contributed by atoms with van der Waals surface area (Å²) in [7, 11) is 0. The van der Waals surface area contributed by atoms with E-state index in [0.29, 0.717) is 6.04 Å². The van der Waals surface area contributed by atoms with Gasteiger partial charge in [-0.25, -0.2) is 9.98 Å². The molecule has 2 aliphatic rings. The Labute approximate surface area is 202 Å². The van der Waals surface area contributed by atoms with Crippen LogP contribution in [0.1, 0.15) is 41.6 Å². The number of likely N-dealkylation sites (tertiary alicyclic amines) is 2. The molecule has 0 bridgehead atoms. The van der Waals surface area contributed by atoms with Gasteiger partial charge in [0, 0.05) is 43.3 Å². The summed E-state index contributed by atoms with van der Waals surface area (Å²) in [5.74, 6) is 1.80. The summed E-state index contributed by atoms with van der Waals surface area (Å²) in [5.41, 5.74) is 1.44. The Balaban J connectivity index is 0.00000256. The summed E-state index contributed by atoms with van der Waals surface area (Å²) in [6.07, 6.45) is 5.82. The third kappa shape index (κ3) is 5.95. The first-order valence-electron chi connectivity index (χ1n) is 11.0. The lowest BCUT2D eigenvalue weighted by Crippen LogP contribution is -2.56. The van der Waals surface area contributed by atoms with Gasteiger partial charge in [-0.05, 0) is 51.1 Å². The van der Waals surface area contributed by atoms with Gasteiger partial charge in [0.25, 0.3) is 0 Å². The van der Waals surface area contributed by atoms with Gasteiger partial charge in [0.15, 0.2) is 5.96 Å². The number of halogens is 1. The van der Waals surface area contributed by atoms with Crippen molar-refractivity contribution >= 4 is 41.3 Å². The summed E-state index contributed by atoms with van der Waals surface area (Å²) in [6.45, 7) is 10.3. The van der Waals surface area contributed by atoms with Crippen molar-refractivity contribution in [3.05, 3.63) is 52.0 Å². The summed E-state index contributed by atoms with van der Waals surface area (Å²) >= 11 is 1.74. The van der Waals surface area contributed by atoms with Gasteiger partial charge in [-0.15, -0.1) is 35.3 Å². The predicted octanol–water partition coefficient (Wildman–Crippen LogP) is 4.52. The number of guanidine groups is 1. The van der Waals surface area contributed by atoms with Crippen LogP contribution in [0.4, 0.5) is 0 Å². The van der Waals surface area contributed by atoms with Gasteiger partial charge in [-0.1, -0.05) is 30.3 Å². The number of piperidine rings is 2. The number of hydrogen-bond donors (Lipinski definition) is 1. The lowest BCUT2D eigenvalue weighted by Gasteiger charge is -2.48. The number of hydrogen-bond acceptors (Lipinski definition) is 4. The summed E-state index contributed by atoms with van der Waals surface area (Å²) in [5, 5.41) is 4.64. The number of thiazole rings is 1. The smallest absolute Gasteiger partial charge is 0.194 e. The third-order valence-corrected chi connectivity index (χ3v) is 7.00. The van der Waals surface area contributed by atoms with E-state index in [0.717, 1.165) is 49.6 Å². The molecule has 164 valence electrons. The van der Waals surface area contributed by atoms with Crippen LogP contribution in [0.5, 0.6) is 0 Å². The quantitative estimate of drug-likeness (QED) is 0.345. The molecule has 2 atom stereocenters. The molecule has 0 radical (unpaired) electrons. The first kappa shape index (κ1) is 23.5. The number of rotatable bonds is 5. The maximum atomic E-state index is 4.93. The molecule has 1 aromatic heterocycles. The molecule has 2 fully saturated rings. The summed E-state index contributed by atoms with van der Waals surface area (Å²) in [4.78, 5) is 15.7. The highest BCUT2D eigenvalue weighted by Crippen LogP contribution is 2.31. The first-order valence-corrected chi connectivity index (χ1v) is 11.8. The van der Waals surface area contributed by atoms with Gasteiger partial charge in [0.1, 0.15) is 0 Å². The second-order valence-corrected chi connectivity index (χ2v) is 9.50. The molecule has 0 saturated carbocycles. The number of nitrogens with zero attached hydrogens (tertiary/aromatic N) is 4. The van der Waals surface area contributed by atoms with Crippen molar-refractivity contribution in [2.75, 3.05) is 26.2 Å². The van der Waals surface area contributed by atoms with Gasteiger partial charge in [0.05, 0.1) is 11.6 Å². The summed E-state index contributed by atoms with van der Waals surface area (Å²) in [6, 6.07) is 11.6. The Morgan fingerprint density at radius 3 is 2.80 bits per heavy atom. The van der Waals surface area contributed by atoms with Crippen LogP contribution in [0.3, 0.4) is 0 Å². The Hall–Kier alpha value is -1.19. The van der Waals surface area contributed by atoms with Crippen LogP contribution < -0.4 is 5.32 Å². The minimum atomic E-state index is 0. The number of fused-ring (bicyclic) bond motifs is 1. The zero-order valence-corrected chi connectivity index (χ0v) is 21.2. The van der Waals surface area contributed by atoms with Crippen molar-refractivity contribution in [1.82, 2.24) is 20.1 Å². The molecular formula is C23H34IN5S. The second-order valence-electron chi connectivity index (χ2n) is 8.18. The molecular weight excluding hydrogens is 505 g/mol. The molecule has 1 aromatic carbocycles. The minimum absolute atomic E-state index is 0. The molecule has 2 unspecified atom stereocenters. The fourth-order valence-corrected chi connectivity index (χ4v) is 5.49. The van der Waals surface area contributed by atoms with Crippen molar-refractivity contribution in [1.29, 1.82) is 0 Å². The van der Waals surface area contributed by atoms with Gasteiger partial charge in [0.2, 0.25) is 0 Å². The fraction of sp³-hybridized carbons (Fsp3) is 0.565. The predicted molar refractivity (Wildman–Crippen MR) is 137 cm³/mol. The molecule has 30 heavy (non-hydrogen) atoms. The third-order valence-electron chi connectivity index (χ3n) is 6.10. The SMILES string of the molecule is CCNC(=NCc1cnc(C)s1)N1CCC2C(CCCN2Cc2ccccc2)C1.I. The molecule has 0 spiro atoms. The highest BCUT2D eigenvalue weighted by Gasteiger charge is 2.36. The van der Waals surface area contributed by atoms with Crippen molar-refractivity contribution in [3.8, 4) is 0 Å². The number of aromatic nitrogens is 1. The zero-order chi connectivity index (χ0) is 20.1. The first-order chi connectivity index (χ1) is 14.2. The largest absolute Gasteiger partial charge is 0.357 e. The van der Waals surface area contributed by atoms with Crippen LogP contribution in [0.25, 0.3) is 0 Å². The van der Waals surface area contributed by atoms with E-state index >= 15 is 0 Å². The van der Waals surface area contributed by atoms with Crippen LogP contribution in [-0.2, 0) is 13.1 Å². The van der Waals surface area contributed by atoms with E-state index in [-0.39, 0.29) is 24.0 Å². The molecule has 7 heteroatoms. The molecule has 5 nitrogen and oxygen atoms in total. The number of benzene rings is 1. The molecule has 3 heterocycles. The van der Waals surface area contributed by atoms with E-state index in [1.54, 1.807) is 11.3 Å². The average Bonchev–Trinajstić information content (AvgIpc) is 3.17. The second kappa shape index (κ2) is 11.4. The number of aryl methyl sites for hydroxylation is 1. The zero-order valence-electron chi connectivity index (χ0n) is 18.1. The van der Waals surface area contributed by atoms with Crippen LogP contribution in [0, 0.1) is 12.8 Å². The van der Waals surface area contributed by atoms with Crippen LogP contribution in [0.2, 0.25) is 0 Å². The Morgan fingerprint density at radius 1 is 1.23 bits per heavy atom. The van der Waals surface area contributed by atoms with Crippen molar-refractivity contribution in [3.63, 3.8) is 0 Å². The highest BCUT2D eigenvalue weighted by molar-refractivity contribution is 14.0. The molecule has 1 N–H and O–H groups in total. The minimum Gasteiger partial charge on any atom is -0.357 e. The Bertz CT molecular complexity index is 809. The topological polar surface area (TPSA) is 43.8 Å². The summed E-state index contributed by atoms with van der Waals surface area (Å²) < 4.78 is 0. The van der Waals surface area contributed by atoms with E-state index in [9.17, 15) is 0 Å². The Morgan fingerprint density at radius 2 is 2.07 bits per heavy atom. The lowest BCUT2D eigenvalue weighted by atomic mass is 9.83. The maximum absolute atomic E-state index is 4.93. The van der Waals surface area contributed by atoms with E-state index < -0.39 is 0 Å². The van der Waals surface area contributed by atoms with Crippen LogP contribution >= 0.6 is 35.3 Å². The highest BCUT2D eigenvalue weighted by atomic mass is 127. The van der Waals surface area contributed by atoms with Crippen LogP contribution in [-0.4, -0.2) is 53.0 Å². The molecule has 2 aromatic rings. The van der Waals surface area contributed by atoms with Gasteiger partial charge in [-0.3, -0.25) is 4.90 Å². The molecule has 0 amide bonds. The van der Waals surface area contributed by atoms with E-state index in [2.05, 4.69) is 64.3 Å². The van der Waals surface area contributed by atoms with Crippen molar-refractivity contribution < 1.29 is 0 Å². The van der Waals surface area contributed by atoms with Crippen molar-refractivity contribution in [2.45, 2.75) is 52.2 Å². The van der Waals surface area contributed by atoms with E-state index in [4.69, 9.17) is 4.99 Å². The van der Waals surface area contributed by atoms with Crippen molar-refractivity contribution in [2.24, 2.45) is 10.9 Å². The molecule has 2 aliphatic heterocycles. The monoisotopic (exact) mass is 539 g/mol. The van der Waals surface area contributed by atoms with E-state index in [1.165, 1.54) is 36.2 Å². The normalized spacial score (nSPS) is 22.3. The van der Waals surface area contributed by atoms with Gasteiger partial charge in [-0.2, -0.15) is 0 Å². The number of aliphatic imine (C=N–C) groups is 1. The molecule has 0 aliphatic carbocycles. The van der Waals surface area contributed by atoms with Gasteiger partial charge < -0.3 is 10.2 Å². The molecule has 2 saturated heterocycles. The maximum Gasteiger partial charge on any atom is 0.194 e. The standard InChI is InChI=1S/C23H33N5S.HI/c1-3-24-23(26-15-21-14-25-18(2)29-21)28-13-11-22-20(17-28)10-7-12-27(22)16-19-8-5-4-6-9-19;/h4-6,8-9,14,20,22H,3,7,10-13,15-17H2,1-2H3,(H,24,26);1H. The van der Waals surface area contributed by atoms with E-state index in [1.807, 2.05) is 6.20 Å². The Kier molecular flexibility index (Phi) is 8.95.